The van der Waals surface area contributed by atoms with Gasteiger partial charge in [0.15, 0.2) is 0 Å². The zero-order valence-electron chi connectivity index (χ0n) is 10.3. The van der Waals surface area contributed by atoms with Crippen molar-refractivity contribution in [1.29, 1.82) is 0 Å². The highest BCUT2D eigenvalue weighted by molar-refractivity contribution is 5.51. The maximum atomic E-state index is 5.41. The van der Waals surface area contributed by atoms with Crippen LogP contribution in [-0.2, 0) is 0 Å². The molecule has 5 heteroatoms. The van der Waals surface area contributed by atoms with Gasteiger partial charge in [-0.2, -0.15) is 4.98 Å². The Balaban J connectivity index is 1.86. The summed E-state index contributed by atoms with van der Waals surface area (Å²) in [5, 5.41) is 7.37. The molecule has 0 saturated heterocycles. The molecule has 0 radical (unpaired) electrons. The van der Waals surface area contributed by atoms with Gasteiger partial charge in [-0.15, -0.1) is 0 Å². The average molecular weight is 244 g/mol. The largest absolute Gasteiger partial charge is 0.339 e. The van der Waals surface area contributed by atoms with Gasteiger partial charge >= 0.3 is 0 Å². The number of hydrogen-bond acceptors (Lipinski definition) is 5. The van der Waals surface area contributed by atoms with Crippen molar-refractivity contribution in [1.82, 2.24) is 20.4 Å². The molecule has 2 unspecified atom stereocenters. The minimum Gasteiger partial charge on any atom is -0.339 e. The molecule has 3 rings (SSSR count). The summed E-state index contributed by atoms with van der Waals surface area (Å²) in [4.78, 5) is 8.57. The first-order valence-corrected chi connectivity index (χ1v) is 6.30. The number of pyridine rings is 1. The van der Waals surface area contributed by atoms with Crippen molar-refractivity contribution in [2.24, 2.45) is 0 Å². The third kappa shape index (κ3) is 2.01. The summed E-state index contributed by atoms with van der Waals surface area (Å²) in [6.07, 6.45) is 6.98. The van der Waals surface area contributed by atoms with Crippen molar-refractivity contribution in [3.8, 4) is 11.4 Å². The second-order valence-electron chi connectivity index (χ2n) is 4.63. The molecule has 18 heavy (non-hydrogen) atoms. The van der Waals surface area contributed by atoms with Gasteiger partial charge in [0.05, 0.1) is 5.92 Å². The molecule has 0 spiro atoms. The fraction of sp³-hybridized carbons (Fsp3) is 0.462. The lowest BCUT2D eigenvalue weighted by Crippen LogP contribution is -2.27. The van der Waals surface area contributed by atoms with E-state index in [1.165, 1.54) is 12.8 Å². The van der Waals surface area contributed by atoms with E-state index < -0.39 is 0 Å². The van der Waals surface area contributed by atoms with Crippen LogP contribution in [0.5, 0.6) is 0 Å². The summed E-state index contributed by atoms with van der Waals surface area (Å²) in [6, 6.07) is 4.26. The predicted molar refractivity (Wildman–Crippen MR) is 67.0 cm³/mol. The van der Waals surface area contributed by atoms with Crippen LogP contribution < -0.4 is 5.32 Å². The first-order valence-electron chi connectivity index (χ1n) is 6.30. The summed E-state index contributed by atoms with van der Waals surface area (Å²) < 4.78 is 5.41. The Kier molecular flexibility index (Phi) is 3.06. The van der Waals surface area contributed by atoms with Crippen molar-refractivity contribution in [2.45, 2.75) is 31.2 Å². The van der Waals surface area contributed by atoms with Gasteiger partial charge in [-0.1, -0.05) is 11.6 Å². The van der Waals surface area contributed by atoms with Gasteiger partial charge < -0.3 is 9.84 Å². The minimum atomic E-state index is 0.341. The Bertz CT molecular complexity index is 511. The Labute approximate surface area is 106 Å². The maximum Gasteiger partial charge on any atom is 0.231 e. The summed E-state index contributed by atoms with van der Waals surface area (Å²) in [6.45, 7) is 0. The van der Waals surface area contributed by atoms with E-state index in [1.807, 2.05) is 19.2 Å². The molecule has 0 bridgehead atoms. The Morgan fingerprint density at radius 1 is 1.39 bits per heavy atom. The number of rotatable bonds is 3. The zero-order valence-corrected chi connectivity index (χ0v) is 10.3. The molecule has 1 aliphatic carbocycles. The van der Waals surface area contributed by atoms with Gasteiger partial charge in [-0.3, -0.25) is 4.98 Å². The molecule has 0 aliphatic heterocycles. The second-order valence-corrected chi connectivity index (χ2v) is 4.63. The van der Waals surface area contributed by atoms with Crippen molar-refractivity contribution in [3.63, 3.8) is 0 Å². The first-order chi connectivity index (χ1) is 8.88. The van der Waals surface area contributed by atoms with E-state index in [9.17, 15) is 0 Å². The molecule has 1 fully saturated rings. The number of aromatic nitrogens is 3. The van der Waals surface area contributed by atoms with Crippen LogP contribution in [0.2, 0.25) is 0 Å². The Morgan fingerprint density at radius 3 is 3.11 bits per heavy atom. The Hall–Kier alpha value is -1.75. The predicted octanol–water partition coefficient (Wildman–Crippen LogP) is 1.99. The number of nitrogens with one attached hydrogen (secondary N) is 1. The summed E-state index contributed by atoms with van der Waals surface area (Å²) in [7, 11) is 1.99. The molecule has 0 amide bonds. The lowest BCUT2D eigenvalue weighted by atomic mass is 10.0. The molecule has 0 aromatic carbocycles. The third-order valence-electron chi connectivity index (χ3n) is 3.57. The van der Waals surface area contributed by atoms with Gasteiger partial charge in [0, 0.05) is 24.0 Å². The van der Waals surface area contributed by atoms with Crippen molar-refractivity contribution in [2.75, 3.05) is 7.05 Å². The second kappa shape index (κ2) is 4.86. The van der Waals surface area contributed by atoms with Crippen LogP contribution in [0.25, 0.3) is 11.4 Å². The quantitative estimate of drug-likeness (QED) is 0.894. The zero-order chi connectivity index (χ0) is 12.4. The summed E-state index contributed by atoms with van der Waals surface area (Å²) >= 11 is 0. The summed E-state index contributed by atoms with van der Waals surface area (Å²) in [5.41, 5.74) is 0.895. The summed E-state index contributed by atoms with van der Waals surface area (Å²) in [5.74, 6) is 1.71. The molecule has 1 aliphatic rings. The molecular formula is C13H16N4O. The molecule has 2 aromatic heterocycles. The van der Waals surface area contributed by atoms with E-state index in [0.717, 1.165) is 17.9 Å². The number of hydrogen-bond donors (Lipinski definition) is 1. The molecule has 1 saturated carbocycles. The van der Waals surface area contributed by atoms with Crippen LogP contribution >= 0.6 is 0 Å². The van der Waals surface area contributed by atoms with Crippen molar-refractivity contribution in [3.05, 3.63) is 30.4 Å². The van der Waals surface area contributed by atoms with E-state index in [0.29, 0.717) is 17.8 Å². The fourth-order valence-electron chi connectivity index (χ4n) is 2.60. The highest BCUT2D eigenvalue weighted by atomic mass is 16.5. The van der Waals surface area contributed by atoms with Crippen molar-refractivity contribution < 1.29 is 4.52 Å². The molecular weight excluding hydrogens is 228 g/mol. The van der Waals surface area contributed by atoms with Gasteiger partial charge in [-0.05, 0) is 32.0 Å². The van der Waals surface area contributed by atoms with E-state index in [4.69, 9.17) is 4.52 Å². The first kappa shape index (κ1) is 11.3. The lowest BCUT2D eigenvalue weighted by Gasteiger charge is -2.14. The number of nitrogens with zero attached hydrogens (tertiary/aromatic N) is 3. The molecule has 2 heterocycles. The van der Waals surface area contributed by atoms with Crippen LogP contribution in [0, 0.1) is 0 Å². The van der Waals surface area contributed by atoms with E-state index in [-0.39, 0.29) is 0 Å². The van der Waals surface area contributed by atoms with Crippen LogP contribution in [0.1, 0.15) is 31.1 Å². The van der Waals surface area contributed by atoms with E-state index in [2.05, 4.69) is 20.4 Å². The third-order valence-corrected chi connectivity index (χ3v) is 3.57. The standard InChI is InChI=1S/C13H16N4O/c1-14-11-6-2-5-10(11)13-16-12(17-18-13)9-4-3-7-15-8-9/h3-4,7-8,10-11,14H,2,5-6H2,1H3. The van der Waals surface area contributed by atoms with Gasteiger partial charge in [0.25, 0.3) is 0 Å². The van der Waals surface area contributed by atoms with Gasteiger partial charge in [0.1, 0.15) is 0 Å². The van der Waals surface area contributed by atoms with Crippen molar-refractivity contribution >= 4 is 0 Å². The van der Waals surface area contributed by atoms with Crippen LogP contribution in [-0.4, -0.2) is 28.2 Å². The van der Waals surface area contributed by atoms with Crippen LogP contribution in [0.15, 0.2) is 29.0 Å². The highest BCUT2D eigenvalue weighted by Crippen LogP contribution is 2.34. The van der Waals surface area contributed by atoms with E-state index >= 15 is 0 Å². The molecule has 1 N–H and O–H groups in total. The Morgan fingerprint density at radius 2 is 2.33 bits per heavy atom. The smallest absolute Gasteiger partial charge is 0.231 e. The average Bonchev–Trinajstić information content (AvgIpc) is 3.08. The highest BCUT2D eigenvalue weighted by Gasteiger charge is 2.31. The monoisotopic (exact) mass is 244 g/mol. The fourth-order valence-corrected chi connectivity index (χ4v) is 2.60. The van der Waals surface area contributed by atoms with Crippen LogP contribution in [0.3, 0.4) is 0 Å². The number of likely N-dealkylation sites (N-methyl/N-ethyl adjacent to an activating group) is 1. The molecule has 5 nitrogen and oxygen atoms in total. The normalized spacial score (nSPS) is 23.4. The SMILES string of the molecule is CNC1CCCC1c1nc(-c2cccnc2)no1. The minimum absolute atomic E-state index is 0.341. The molecule has 94 valence electrons. The van der Waals surface area contributed by atoms with Gasteiger partial charge in [-0.25, -0.2) is 0 Å². The van der Waals surface area contributed by atoms with E-state index in [1.54, 1.807) is 12.4 Å². The molecule has 2 atom stereocenters. The van der Waals surface area contributed by atoms with Gasteiger partial charge in [0.2, 0.25) is 11.7 Å². The maximum absolute atomic E-state index is 5.41. The van der Waals surface area contributed by atoms with Crippen LogP contribution in [0.4, 0.5) is 0 Å². The molecule has 2 aromatic rings. The topological polar surface area (TPSA) is 63.8 Å². The lowest BCUT2D eigenvalue weighted by molar-refractivity contribution is 0.335.